The first kappa shape index (κ1) is 25.2. The number of carbonyl (C=O) groups excluding carboxylic acids is 1. The molecule has 196 valence electrons. The second kappa shape index (κ2) is 10.2. The molecule has 5 rings (SSSR count). The molecule has 4 aromatic rings. The molecule has 2 N–H and O–H groups in total. The second-order valence-electron chi connectivity index (χ2n) is 9.33. The van der Waals surface area contributed by atoms with E-state index in [9.17, 15) is 18.0 Å². The van der Waals surface area contributed by atoms with Crippen LogP contribution in [0.1, 0.15) is 39.4 Å². The molecule has 1 atom stereocenters. The zero-order valence-electron chi connectivity index (χ0n) is 20.8. The Hall–Kier alpha value is -4.41. The van der Waals surface area contributed by atoms with Crippen LogP contribution in [0.5, 0.6) is 0 Å². The first-order valence-corrected chi connectivity index (χ1v) is 12.1. The highest BCUT2D eigenvalue weighted by molar-refractivity contribution is 6.04. The van der Waals surface area contributed by atoms with E-state index in [1.165, 1.54) is 12.1 Å². The van der Waals surface area contributed by atoms with Crippen LogP contribution in [0.2, 0.25) is 0 Å². The quantitative estimate of drug-likeness (QED) is 0.347. The van der Waals surface area contributed by atoms with Crippen molar-refractivity contribution in [3.63, 3.8) is 0 Å². The van der Waals surface area contributed by atoms with Crippen molar-refractivity contribution in [1.82, 2.24) is 19.7 Å². The third-order valence-corrected chi connectivity index (χ3v) is 6.58. The summed E-state index contributed by atoms with van der Waals surface area (Å²) in [5.74, 6) is 0.211. The largest absolute Gasteiger partial charge is 0.416 e. The van der Waals surface area contributed by atoms with E-state index >= 15 is 0 Å². The minimum atomic E-state index is -4.48. The van der Waals surface area contributed by atoms with Gasteiger partial charge in [0, 0.05) is 43.5 Å². The number of nitrogens with one attached hydrogen (secondary N) is 2. The number of aryl methyl sites for hydroxylation is 2. The number of rotatable bonds is 6. The zero-order valence-corrected chi connectivity index (χ0v) is 20.8. The topological polar surface area (TPSA) is 88.0 Å². The van der Waals surface area contributed by atoms with E-state index in [2.05, 4.69) is 30.6 Å². The third-order valence-electron chi connectivity index (χ3n) is 6.58. The predicted octanol–water partition coefficient (Wildman–Crippen LogP) is 5.53. The number of benzene rings is 2. The summed E-state index contributed by atoms with van der Waals surface area (Å²) >= 11 is 0. The van der Waals surface area contributed by atoms with Crippen molar-refractivity contribution in [2.45, 2.75) is 25.4 Å². The van der Waals surface area contributed by atoms with Crippen molar-refractivity contribution in [2.75, 3.05) is 28.6 Å². The molecule has 1 fully saturated rings. The normalized spacial score (nSPS) is 15.5. The molecule has 1 aliphatic rings. The van der Waals surface area contributed by atoms with Gasteiger partial charge in [-0.15, -0.1) is 0 Å². The van der Waals surface area contributed by atoms with Gasteiger partial charge in [0.2, 0.25) is 5.95 Å². The maximum atomic E-state index is 13.0. The maximum absolute atomic E-state index is 13.0. The molecule has 2 aromatic heterocycles. The second-order valence-corrected chi connectivity index (χ2v) is 9.33. The number of hydrogen-bond acceptors (Lipinski definition) is 6. The van der Waals surface area contributed by atoms with Crippen molar-refractivity contribution in [2.24, 2.45) is 7.05 Å². The van der Waals surface area contributed by atoms with Gasteiger partial charge in [0.1, 0.15) is 0 Å². The highest BCUT2D eigenvalue weighted by Gasteiger charge is 2.31. The average molecular weight is 522 g/mol. The van der Waals surface area contributed by atoms with Crippen LogP contribution < -0.4 is 15.5 Å². The molecule has 0 aliphatic carbocycles. The van der Waals surface area contributed by atoms with Crippen molar-refractivity contribution in [3.05, 3.63) is 89.5 Å². The number of anilines is 4. The Labute approximate surface area is 217 Å². The number of alkyl halides is 3. The van der Waals surface area contributed by atoms with Gasteiger partial charge >= 0.3 is 6.18 Å². The van der Waals surface area contributed by atoms with E-state index in [-0.39, 0.29) is 11.6 Å². The SMILES string of the molecule is Cc1ccc(C(=O)Nc2cccc(C(F)(F)F)c2)cc1[C@@H]1CCN(c2cnc(Nc3cnn(C)c3)nc2)C1. The van der Waals surface area contributed by atoms with Crippen LogP contribution in [0.4, 0.5) is 36.2 Å². The lowest BCUT2D eigenvalue weighted by Gasteiger charge is -2.19. The number of carbonyl (C=O) groups is 1. The van der Waals surface area contributed by atoms with Crippen molar-refractivity contribution in [3.8, 4) is 0 Å². The molecule has 38 heavy (non-hydrogen) atoms. The number of nitrogens with zero attached hydrogens (tertiary/aromatic N) is 5. The monoisotopic (exact) mass is 521 g/mol. The first-order chi connectivity index (χ1) is 18.2. The van der Waals surface area contributed by atoms with Gasteiger partial charge in [0.15, 0.2) is 0 Å². The number of amides is 1. The molecular formula is C27H26F3N7O. The predicted molar refractivity (Wildman–Crippen MR) is 139 cm³/mol. The summed E-state index contributed by atoms with van der Waals surface area (Å²) in [5.41, 5.74) is 3.49. The van der Waals surface area contributed by atoms with Crippen molar-refractivity contribution in [1.29, 1.82) is 0 Å². The fourth-order valence-corrected chi connectivity index (χ4v) is 4.61. The van der Waals surface area contributed by atoms with E-state index in [1.54, 1.807) is 29.3 Å². The summed E-state index contributed by atoms with van der Waals surface area (Å²) in [4.78, 5) is 23.9. The summed E-state index contributed by atoms with van der Waals surface area (Å²) in [7, 11) is 1.83. The number of hydrogen-bond donors (Lipinski definition) is 2. The standard InChI is InChI=1S/C27H26F3N7O/c1-17-6-7-18(25(38)34-21-5-3-4-20(11-21)27(28,29)30)10-24(17)19-8-9-37(15-19)23-13-31-26(32-14-23)35-22-12-33-36(2)16-22/h3-7,10-14,16,19H,8-9,15H2,1-2H3,(H,34,38)(H,31,32,35)/t19-/m1/s1. The highest BCUT2D eigenvalue weighted by Crippen LogP contribution is 2.33. The maximum Gasteiger partial charge on any atom is 0.416 e. The summed E-state index contributed by atoms with van der Waals surface area (Å²) in [5, 5.41) is 9.81. The lowest BCUT2D eigenvalue weighted by atomic mass is 9.92. The van der Waals surface area contributed by atoms with Gasteiger partial charge in [0.05, 0.1) is 35.5 Å². The Bertz CT molecular complexity index is 1450. The minimum Gasteiger partial charge on any atom is -0.368 e. The molecule has 8 nitrogen and oxygen atoms in total. The molecule has 0 spiro atoms. The Kier molecular flexibility index (Phi) is 6.75. The van der Waals surface area contributed by atoms with Gasteiger partial charge in [-0.05, 0) is 54.8 Å². The van der Waals surface area contributed by atoms with E-state index < -0.39 is 17.6 Å². The molecule has 3 heterocycles. The van der Waals surface area contributed by atoms with Gasteiger partial charge in [-0.25, -0.2) is 9.97 Å². The van der Waals surface area contributed by atoms with Crippen LogP contribution >= 0.6 is 0 Å². The molecule has 1 aliphatic heterocycles. The smallest absolute Gasteiger partial charge is 0.368 e. The Morgan fingerprint density at radius 2 is 1.84 bits per heavy atom. The van der Waals surface area contributed by atoms with Gasteiger partial charge < -0.3 is 15.5 Å². The minimum absolute atomic E-state index is 0.0976. The van der Waals surface area contributed by atoms with Crippen molar-refractivity contribution < 1.29 is 18.0 Å². The van der Waals surface area contributed by atoms with E-state index in [0.29, 0.717) is 11.5 Å². The van der Waals surface area contributed by atoms with Crippen LogP contribution in [0.3, 0.4) is 0 Å². The first-order valence-electron chi connectivity index (χ1n) is 12.1. The van der Waals surface area contributed by atoms with Crippen molar-refractivity contribution >= 4 is 28.9 Å². The van der Waals surface area contributed by atoms with E-state index in [1.807, 2.05) is 32.3 Å². The molecule has 0 radical (unpaired) electrons. The summed E-state index contributed by atoms with van der Waals surface area (Å²) in [6.45, 7) is 3.54. The Balaban J connectivity index is 1.26. The number of aromatic nitrogens is 4. The molecule has 11 heteroatoms. The molecule has 1 saturated heterocycles. The number of halogens is 3. The van der Waals surface area contributed by atoms with Gasteiger partial charge in [0.25, 0.3) is 5.91 Å². The molecule has 1 amide bonds. The molecular weight excluding hydrogens is 495 g/mol. The van der Waals surface area contributed by atoms with E-state index in [0.717, 1.165) is 54.1 Å². The average Bonchev–Trinajstić information content (AvgIpc) is 3.54. The van der Waals surface area contributed by atoms with Crippen LogP contribution in [0.25, 0.3) is 0 Å². The Morgan fingerprint density at radius 1 is 1.05 bits per heavy atom. The molecule has 0 bridgehead atoms. The fraction of sp³-hybridized carbons (Fsp3) is 0.259. The zero-order chi connectivity index (χ0) is 26.9. The van der Waals surface area contributed by atoms with Gasteiger partial charge in [-0.1, -0.05) is 12.1 Å². The van der Waals surface area contributed by atoms with Gasteiger partial charge in [-0.3, -0.25) is 9.48 Å². The summed E-state index contributed by atoms with van der Waals surface area (Å²) in [6.07, 6.45) is 3.49. The third kappa shape index (κ3) is 5.61. The van der Waals surface area contributed by atoms with E-state index in [4.69, 9.17) is 0 Å². The highest BCUT2D eigenvalue weighted by atomic mass is 19.4. The van der Waals surface area contributed by atoms with Gasteiger partial charge in [-0.2, -0.15) is 18.3 Å². The van der Waals surface area contributed by atoms with Crippen LogP contribution in [0, 0.1) is 6.92 Å². The summed E-state index contributed by atoms with van der Waals surface area (Å²) in [6, 6.07) is 10.0. The fourth-order valence-electron chi connectivity index (χ4n) is 4.61. The molecule has 0 saturated carbocycles. The lowest BCUT2D eigenvalue weighted by molar-refractivity contribution is -0.137. The van der Waals surface area contributed by atoms with Crippen LogP contribution in [-0.4, -0.2) is 38.7 Å². The lowest BCUT2D eigenvalue weighted by Crippen LogP contribution is -2.20. The van der Waals surface area contributed by atoms with Crippen LogP contribution in [0.15, 0.2) is 67.3 Å². The Morgan fingerprint density at radius 3 is 2.55 bits per heavy atom. The summed E-state index contributed by atoms with van der Waals surface area (Å²) < 4.78 is 40.8. The molecule has 2 aromatic carbocycles. The van der Waals surface area contributed by atoms with Crippen LogP contribution in [-0.2, 0) is 13.2 Å². The molecule has 0 unspecified atom stereocenters.